The van der Waals surface area contributed by atoms with Gasteiger partial charge < -0.3 is 10.2 Å². The standard InChI is InChI=1S/C18H25N3OS/c1-4-7-19-17(22)14-6-5-8-21(11-14)18-20-16-13(3)9-12(2)10-15(16)23-18/h9-10,14H,4-8,11H2,1-3H3,(H,19,22)/t14-/m0/s1. The molecule has 1 aromatic carbocycles. The summed E-state index contributed by atoms with van der Waals surface area (Å²) < 4.78 is 1.25. The van der Waals surface area contributed by atoms with Gasteiger partial charge in [-0.25, -0.2) is 4.98 Å². The zero-order valence-electron chi connectivity index (χ0n) is 14.2. The lowest BCUT2D eigenvalue weighted by Crippen LogP contribution is -2.43. The molecule has 5 heteroatoms. The van der Waals surface area contributed by atoms with Crippen LogP contribution >= 0.6 is 11.3 Å². The second-order valence-electron chi connectivity index (χ2n) is 6.50. The molecule has 1 atom stereocenters. The van der Waals surface area contributed by atoms with Gasteiger partial charge in [0.2, 0.25) is 5.91 Å². The van der Waals surface area contributed by atoms with E-state index in [1.54, 1.807) is 11.3 Å². The lowest BCUT2D eigenvalue weighted by Gasteiger charge is -2.31. The van der Waals surface area contributed by atoms with Gasteiger partial charge in [0.25, 0.3) is 0 Å². The number of aromatic nitrogens is 1. The Morgan fingerprint density at radius 2 is 2.26 bits per heavy atom. The molecule has 1 aliphatic rings. The molecule has 4 nitrogen and oxygen atoms in total. The van der Waals surface area contributed by atoms with Gasteiger partial charge in [0, 0.05) is 19.6 Å². The molecule has 0 unspecified atom stereocenters. The molecule has 0 bridgehead atoms. The molecule has 2 aromatic rings. The van der Waals surface area contributed by atoms with Crippen molar-refractivity contribution in [2.45, 2.75) is 40.0 Å². The van der Waals surface area contributed by atoms with Gasteiger partial charge in [0.05, 0.1) is 16.1 Å². The summed E-state index contributed by atoms with van der Waals surface area (Å²) in [7, 11) is 0. The van der Waals surface area contributed by atoms with Crippen LogP contribution in [0.1, 0.15) is 37.3 Å². The number of fused-ring (bicyclic) bond motifs is 1. The number of benzene rings is 1. The predicted molar refractivity (Wildman–Crippen MR) is 97.3 cm³/mol. The van der Waals surface area contributed by atoms with Gasteiger partial charge in [0.15, 0.2) is 5.13 Å². The van der Waals surface area contributed by atoms with Crippen molar-refractivity contribution in [1.29, 1.82) is 0 Å². The summed E-state index contributed by atoms with van der Waals surface area (Å²) in [6, 6.07) is 4.39. The minimum absolute atomic E-state index is 0.0881. The van der Waals surface area contributed by atoms with E-state index in [1.807, 2.05) is 0 Å². The van der Waals surface area contributed by atoms with E-state index in [4.69, 9.17) is 4.98 Å². The third-order valence-corrected chi connectivity index (χ3v) is 5.49. The average Bonchev–Trinajstić information content (AvgIpc) is 2.97. The van der Waals surface area contributed by atoms with Crippen LogP contribution in [0.4, 0.5) is 5.13 Å². The Kier molecular flexibility index (Phi) is 4.85. The molecule has 3 rings (SSSR count). The molecule has 1 amide bonds. The minimum Gasteiger partial charge on any atom is -0.356 e. The second kappa shape index (κ2) is 6.87. The number of anilines is 1. The van der Waals surface area contributed by atoms with Crippen molar-refractivity contribution in [2.75, 3.05) is 24.5 Å². The number of hydrogen-bond donors (Lipinski definition) is 1. The number of nitrogens with one attached hydrogen (secondary N) is 1. The van der Waals surface area contributed by atoms with Gasteiger partial charge in [-0.05, 0) is 50.3 Å². The van der Waals surface area contributed by atoms with Crippen LogP contribution in [-0.4, -0.2) is 30.5 Å². The molecule has 0 radical (unpaired) electrons. The second-order valence-corrected chi connectivity index (χ2v) is 7.51. The molecule has 0 saturated carbocycles. The highest BCUT2D eigenvalue weighted by Gasteiger charge is 2.27. The Morgan fingerprint density at radius 3 is 3.04 bits per heavy atom. The minimum atomic E-state index is 0.0881. The summed E-state index contributed by atoms with van der Waals surface area (Å²) in [5.41, 5.74) is 3.62. The van der Waals surface area contributed by atoms with Crippen LogP contribution in [0.15, 0.2) is 12.1 Å². The van der Waals surface area contributed by atoms with E-state index >= 15 is 0 Å². The molecule has 1 aromatic heterocycles. The maximum atomic E-state index is 12.2. The van der Waals surface area contributed by atoms with Crippen LogP contribution in [0, 0.1) is 19.8 Å². The summed E-state index contributed by atoms with van der Waals surface area (Å²) in [5.74, 6) is 0.287. The fourth-order valence-corrected chi connectivity index (χ4v) is 4.43. The largest absolute Gasteiger partial charge is 0.356 e. The summed E-state index contributed by atoms with van der Waals surface area (Å²) in [4.78, 5) is 19.4. The van der Waals surface area contributed by atoms with E-state index in [1.165, 1.54) is 15.8 Å². The van der Waals surface area contributed by atoms with Crippen LogP contribution in [0.2, 0.25) is 0 Å². The van der Waals surface area contributed by atoms with E-state index in [0.717, 1.165) is 49.5 Å². The number of hydrogen-bond acceptors (Lipinski definition) is 4. The first-order valence-corrected chi connectivity index (χ1v) is 9.30. The van der Waals surface area contributed by atoms with Crippen molar-refractivity contribution in [1.82, 2.24) is 10.3 Å². The average molecular weight is 331 g/mol. The third kappa shape index (κ3) is 3.50. The number of thiazole rings is 1. The molecule has 1 N–H and O–H groups in total. The van der Waals surface area contributed by atoms with Crippen molar-refractivity contribution < 1.29 is 4.79 Å². The van der Waals surface area contributed by atoms with Crippen molar-refractivity contribution in [3.63, 3.8) is 0 Å². The van der Waals surface area contributed by atoms with Crippen molar-refractivity contribution >= 4 is 32.6 Å². The highest BCUT2D eigenvalue weighted by Crippen LogP contribution is 2.33. The van der Waals surface area contributed by atoms with Gasteiger partial charge in [-0.3, -0.25) is 4.79 Å². The fourth-order valence-electron chi connectivity index (χ4n) is 3.25. The third-order valence-electron chi connectivity index (χ3n) is 4.43. The lowest BCUT2D eigenvalue weighted by molar-refractivity contribution is -0.125. The van der Waals surface area contributed by atoms with Gasteiger partial charge in [-0.15, -0.1) is 0 Å². The fraction of sp³-hybridized carbons (Fsp3) is 0.556. The Bertz CT molecular complexity index is 710. The number of amides is 1. The first kappa shape index (κ1) is 16.2. The van der Waals surface area contributed by atoms with E-state index in [0.29, 0.717) is 0 Å². The number of piperidine rings is 1. The van der Waals surface area contributed by atoms with E-state index < -0.39 is 0 Å². The quantitative estimate of drug-likeness (QED) is 0.930. The molecule has 2 heterocycles. The molecule has 0 aliphatic carbocycles. The molecule has 23 heavy (non-hydrogen) atoms. The molecule has 124 valence electrons. The Hall–Kier alpha value is -1.62. The molecule has 0 spiro atoms. The molecule has 1 aliphatic heterocycles. The highest BCUT2D eigenvalue weighted by molar-refractivity contribution is 7.22. The van der Waals surface area contributed by atoms with Gasteiger partial charge in [-0.2, -0.15) is 0 Å². The van der Waals surface area contributed by atoms with Gasteiger partial charge in [0.1, 0.15) is 0 Å². The van der Waals surface area contributed by atoms with Crippen LogP contribution in [-0.2, 0) is 4.79 Å². The highest BCUT2D eigenvalue weighted by atomic mass is 32.1. The molecular weight excluding hydrogens is 306 g/mol. The van der Waals surface area contributed by atoms with Crippen molar-refractivity contribution in [3.05, 3.63) is 23.3 Å². The Labute approximate surface area is 141 Å². The number of rotatable bonds is 4. The first-order chi connectivity index (χ1) is 11.1. The summed E-state index contributed by atoms with van der Waals surface area (Å²) in [5, 5.41) is 4.09. The summed E-state index contributed by atoms with van der Waals surface area (Å²) >= 11 is 1.75. The van der Waals surface area contributed by atoms with Crippen molar-refractivity contribution in [2.24, 2.45) is 5.92 Å². The van der Waals surface area contributed by atoms with Gasteiger partial charge >= 0.3 is 0 Å². The first-order valence-electron chi connectivity index (χ1n) is 8.49. The van der Waals surface area contributed by atoms with E-state index in [2.05, 4.69) is 43.1 Å². The number of carbonyl (C=O) groups is 1. The molecule has 1 fully saturated rings. The van der Waals surface area contributed by atoms with Crippen LogP contribution < -0.4 is 10.2 Å². The zero-order valence-corrected chi connectivity index (χ0v) is 15.0. The number of aryl methyl sites for hydroxylation is 2. The van der Waals surface area contributed by atoms with E-state index in [-0.39, 0.29) is 11.8 Å². The Morgan fingerprint density at radius 1 is 1.43 bits per heavy atom. The summed E-state index contributed by atoms with van der Waals surface area (Å²) in [6.07, 6.45) is 3.02. The van der Waals surface area contributed by atoms with Crippen LogP contribution in [0.3, 0.4) is 0 Å². The van der Waals surface area contributed by atoms with E-state index in [9.17, 15) is 4.79 Å². The maximum Gasteiger partial charge on any atom is 0.224 e. The number of carbonyl (C=O) groups excluding carboxylic acids is 1. The number of nitrogens with zero attached hydrogens (tertiary/aromatic N) is 2. The SMILES string of the molecule is CCCNC(=O)[C@H]1CCCN(c2nc3c(C)cc(C)cc3s2)C1. The smallest absolute Gasteiger partial charge is 0.224 e. The van der Waals surface area contributed by atoms with Gasteiger partial charge in [-0.1, -0.05) is 24.3 Å². The lowest BCUT2D eigenvalue weighted by atomic mass is 9.97. The van der Waals surface area contributed by atoms with Crippen molar-refractivity contribution in [3.8, 4) is 0 Å². The zero-order chi connectivity index (χ0) is 16.4. The molecular formula is C18H25N3OS. The van der Waals surface area contributed by atoms with Crippen LogP contribution in [0.5, 0.6) is 0 Å². The molecule has 1 saturated heterocycles. The predicted octanol–water partition coefficient (Wildman–Crippen LogP) is 3.66. The maximum absolute atomic E-state index is 12.2. The normalized spacial score (nSPS) is 18.4. The monoisotopic (exact) mass is 331 g/mol. The Balaban J connectivity index is 1.78. The van der Waals surface area contributed by atoms with Crippen LogP contribution in [0.25, 0.3) is 10.2 Å². The topological polar surface area (TPSA) is 45.2 Å². The summed E-state index contributed by atoms with van der Waals surface area (Å²) in [6.45, 7) is 8.88.